The summed E-state index contributed by atoms with van der Waals surface area (Å²) in [5, 5.41) is 22.6. The Morgan fingerprint density at radius 3 is 2.93 bits per heavy atom. The fraction of sp³-hybridized carbons (Fsp3) is 0.400. The summed E-state index contributed by atoms with van der Waals surface area (Å²) in [7, 11) is 3.65. The van der Waals surface area contributed by atoms with E-state index < -0.39 is 6.10 Å². The van der Waals surface area contributed by atoms with Crippen LogP contribution in [0.5, 0.6) is 5.75 Å². The van der Waals surface area contributed by atoms with Gasteiger partial charge in [0.2, 0.25) is 0 Å². The van der Waals surface area contributed by atoms with E-state index >= 15 is 0 Å². The van der Waals surface area contributed by atoms with Gasteiger partial charge in [-0.15, -0.1) is 11.3 Å². The Hall–Kier alpha value is -1.04. The summed E-state index contributed by atoms with van der Waals surface area (Å²) in [6.45, 7) is 0.445. The number of fused-ring (bicyclic) bond motifs is 1. The van der Waals surface area contributed by atoms with Crippen LogP contribution in [0.1, 0.15) is 11.0 Å². The van der Waals surface area contributed by atoms with Gasteiger partial charge in [-0.3, -0.25) is 0 Å². The average Bonchev–Trinajstić information content (AvgIpc) is 2.70. The molecular formula is C10H14N2O2S. The van der Waals surface area contributed by atoms with E-state index in [0.29, 0.717) is 11.4 Å². The van der Waals surface area contributed by atoms with E-state index in [4.69, 9.17) is 0 Å². The van der Waals surface area contributed by atoms with Crippen molar-refractivity contribution in [2.45, 2.75) is 6.10 Å². The minimum absolute atomic E-state index is 0.199. The SMILES string of the molecule is CNCC(O)c1sc2ccn(C)c2c1O. The number of likely N-dealkylation sites (N-methyl/N-ethyl adjacent to an activating group) is 1. The molecule has 2 rings (SSSR count). The van der Waals surface area contributed by atoms with E-state index in [1.54, 1.807) is 7.05 Å². The Balaban J connectivity index is 2.48. The maximum absolute atomic E-state index is 9.96. The van der Waals surface area contributed by atoms with Gasteiger partial charge in [0.25, 0.3) is 0 Å². The summed E-state index contributed by atoms with van der Waals surface area (Å²) in [5.41, 5.74) is 0.796. The molecule has 0 fully saturated rings. The van der Waals surface area contributed by atoms with Gasteiger partial charge in [-0.2, -0.15) is 0 Å². The molecule has 0 aliphatic heterocycles. The molecule has 0 radical (unpaired) electrons. The molecule has 0 aromatic carbocycles. The van der Waals surface area contributed by atoms with E-state index in [9.17, 15) is 10.2 Å². The van der Waals surface area contributed by atoms with Crippen molar-refractivity contribution < 1.29 is 10.2 Å². The lowest BCUT2D eigenvalue weighted by atomic mass is 10.2. The normalized spacial score (nSPS) is 13.5. The third-order valence-corrected chi connectivity index (χ3v) is 3.65. The first-order valence-corrected chi connectivity index (χ1v) is 5.56. The first kappa shape index (κ1) is 10.5. The Morgan fingerprint density at radius 1 is 1.60 bits per heavy atom. The number of nitrogens with zero attached hydrogens (tertiary/aromatic N) is 1. The highest BCUT2D eigenvalue weighted by Crippen LogP contribution is 2.40. The first-order valence-electron chi connectivity index (χ1n) is 4.74. The second-order valence-electron chi connectivity index (χ2n) is 3.53. The van der Waals surface area contributed by atoms with Crippen molar-refractivity contribution in [1.82, 2.24) is 9.88 Å². The van der Waals surface area contributed by atoms with Gasteiger partial charge in [-0.1, -0.05) is 0 Å². The van der Waals surface area contributed by atoms with Gasteiger partial charge < -0.3 is 20.1 Å². The average molecular weight is 226 g/mol. The summed E-state index contributed by atoms with van der Waals surface area (Å²) in [4.78, 5) is 0.630. The molecule has 0 amide bonds. The summed E-state index contributed by atoms with van der Waals surface area (Å²) >= 11 is 1.43. The van der Waals surface area contributed by atoms with Crippen LogP contribution in [0, 0.1) is 0 Å². The van der Waals surface area contributed by atoms with Gasteiger partial charge in [0.1, 0.15) is 11.6 Å². The van der Waals surface area contributed by atoms with Crippen LogP contribution >= 0.6 is 11.3 Å². The van der Waals surface area contributed by atoms with Crippen molar-refractivity contribution in [3.8, 4) is 5.75 Å². The molecule has 2 aromatic heterocycles. The second-order valence-corrected chi connectivity index (χ2v) is 4.61. The summed E-state index contributed by atoms with van der Waals surface area (Å²) in [6, 6.07) is 1.94. The molecule has 82 valence electrons. The molecule has 0 saturated carbocycles. The van der Waals surface area contributed by atoms with Gasteiger partial charge in [0, 0.05) is 19.8 Å². The molecule has 4 nitrogen and oxygen atoms in total. The summed E-state index contributed by atoms with van der Waals surface area (Å²) in [5.74, 6) is 0.199. The fourth-order valence-corrected chi connectivity index (χ4v) is 2.78. The quantitative estimate of drug-likeness (QED) is 0.737. The van der Waals surface area contributed by atoms with Crippen molar-refractivity contribution >= 4 is 21.6 Å². The van der Waals surface area contributed by atoms with Crippen molar-refractivity contribution in [3.63, 3.8) is 0 Å². The van der Waals surface area contributed by atoms with E-state index in [0.717, 1.165) is 10.2 Å². The monoisotopic (exact) mass is 226 g/mol. The summed E-state index contributed by atoms with van der Waals surface area (Å²) < 4.78 is 2.86. The number of aromatic hydroxyl groups is 1. The molecular weight excluding hydrogens is 212 g/mol. The smallest absolute Gasteiger partial charge is 0.156 e. The van der Waals surface area contributed by atoms with Gasteiger partial charge in [0.05, 0.1) is 9.58 Å². The minimum Gasteiger partial charge on any atom is -0.505 e. The molecule has 15 heavy (non-hydrogen) atoms. The van der Waals surface area contributed by atoms with E-state index in [2.05, 4.69) is 5.32 Å². The largest absolute Gasteiger partial charge is 0.505 e. The third kappa shape index (κ3) is 1.62. The Bertz CT molecular complexity index is 475. The Kier molecular flexibility index (Phi) is 2.68. The highest BCUT2D eigenvalue weighted by molar-refractivity contribution is 7.19. The molecule has 0 aliphatic carbocycles. The summed E-state index contributed by atoms with van der Waals surface area (Å²) in [6.07, 6.45) is 1.25. The molecule has 1 unspecified atom stereocenters. The number of thiophene rings is 1. The Labute approximate surface area is 91.8 Å². The lowest BCUT2D eigenvalue weighted by Crippen LogP contribution is -2.15. The minimum atomic E-state index is -0.646. The lowest BCUT2D eigenvalue weighted by molar-refractivity contribution is 0.178. The molecule has 0 bridgehead atoms. The maximum atomic E-state index is 9.96. The molecule has 5 heteroatoms. The predicted octanol–water partition coefficient (Wildman–Crippen LogP) is 1.20. The van der Waals surface area contributed by atoms with Crippen molar-refractivity contribution in [3.05, 3.63) is 17.1 Å². The van der Waals surface area contributed by atoms with Gasteiger partial charge in [-0.25, -0.2) is 0 Å². The highest BCUT2D eigenvalue weighted by Gasteiger charge is 2.19. The van der Waals surface area contributed by atoms with Crippen LogP contribution in [-0.4, -0.2) is 28.4 Å². The zero-order chi connectivity index (χ0) is 11.0. The fourth-order valence-electron chi connectivity index (χ4n) is 1.67. The second kappa shape index (κ2) is 3.84. The molecule has 3 N–H and O–H groups in total. The molecule has 0 spiro atoms. The van der Waals surface area contributed by atoms with Crippen molar-refractivity contribution in [2.75, 3.05) is 13.6 Å². The molecule has 1 atom stereocenters. The van der Waals surface area contributed by atoms with Crippen molar-refractivity contribution in [1.29, 1.82) is 0 Å². The van der Waals surface area contributed by atoms with Gasteiger partial charge in [0.15, 0.2) is 5.75 Å². The van der Waals surface area contributed by atoms with Crippen LogP contribution in [0.25, 0.3) is 10.2 Å². The van der Waals surface area contributed by atoms with Crippen LogP contribution in [0.2, 0.25) is 0 Å². The number of aliphatic hydroxyl groups is 1. The number of aromatic nitrogens is 1. The van der Waals surface area contributed by atoms with E-state index in [1.807, 2.05) is 23.9 Å². The Morgan fingerprint density at radius 2 is 2.33 bits per heavy atom. The zero-order valence-corrected chi connectivity index (χ0v) is 9.51. The predicted molar refractivity (Wildman–Crippen MR) is 61.3 cm³/mol. The number of aliphatic hydroxyl groups excluding tert-OH is 1. The number of hydrogen-bond donors (Lipinski definition) is 3. The zero-order valence-electron chi connectivity index (χ0n) is 8.69. The van der Waals surface area contributed by atoms with Gasteiger partial charge in [-0.05, 0) is 13.1 Å². The molecule has 0 saturated heterocycles. The van der Waals surface area contributed by atoms with Crippen LogP contribution < -0.4 is 5.32 Å². The van der Waals surface area contributed by atoms with Crippen LogP contribution in [0.3, 0.4) is 0 Å². The molecule has 0 aliphatic rings. The maximum Gasteiger partial charge on any atom is 0.156 e. The van der Waals surface area contributed by atoms with Crippen molar-refractivity contribution in [2.24, 2.45) is 7.05 Å². The van der Waals surface area contributed by atoms with Crippen LogP contribution in [0.15, 0.2) is 12.3 Å². The molecule has 2 aromatic rings. The number of hydrogen-bond acceptors (Lipinski definition) is 4. The lowest BCUT2D eigenvalue weighted by Gasteiger charge is -2.07. The standard InChI is InChI=1S/C10H14N2O2S/c1-11-5-6(13)10-9(14)8-7(15-10)3-4-12(8)2/h3-4,6,11,13-14H,5H2,1-2H3. The number of nitrogens with one attached hydrogen (secondary N) is 1. The number of aryl methyl sites for hydroxylation is 1. The van der Waals surface area contributed by atoms with E-state index in [1.165, 1.54) is 11.3 Å². The number of rotatable bonds is 3. The van der Waals surface area contributed by atoms with Crippen LogP contribution in [0.4, 0.5) is 0 Å². The van der Waals surface area contributed by atoms with Gasteiger partial charge >= 0.3 is 0 Å². The first-order chi connectivity index (χ1) is 7.15. The van der Waals surface area contributed by atoms with E-state index in [-0.39, 0.29) is 5.75 Å². The molecule has 2 heterocycles. The highest BCUT2D eigenvalue weighted by atomic mass is 32.1. The third-order valence-electron chi connectivity index (χ3n) is 2.41. The van der Waals surface area contributed by atoms with Crippen LogP contribution in [-0.2, 0) is 7.05 Å². The topological polar surface area (TPSA) is 57.4 Å².